The van der Waals surface area contributed by atoms with Crippen LogP contribution in [0.3, 0.4) is 0 Å². The zero-order chi connectivity index (χ0) is 22.2. The molecule has 0 bridgehead atoms. The lowest BCUT2D eigenvalue weighted by Gasteiger charge is -2.37. The van der Waals surface area contributed by atoms with Gasteiger partial charge < -0.3 is 0 Å². The minimum atomic E-state index is -0.492. The number of benzene rings is 3. The summed E-state index contributed by atoms with van der Waals surface area (Å²) < 4.78 is 0. The first kappa shape index (κ1) is 20.1. The fraction of sp³-hybridized carbons (Fsp3) is 0.231. The first-order valence-corrected chi connectivity index (χ1v) is 10.8. The van der Waals surface area contributed by atoms with Crippen molar-refractivity contribution in [1.29, 1.82) is 0 Å². The van der Waals surface area contributed by atoms with Crippen molar-refractivity contribution in [2.24, 2.45) is 11.8 Å². The van der Waals surface area contributed by atoms with Gasteiger partial charge in [0.2, 0.25) is 11.8 Å². The van der Waals surface area contributed by atoms with Gasteiger partial charge >= 0.3 is 0 Å². The SMILES string of the molecule is O=C1[C@H]2[C@H](C(=O)N1c1ccc([N+](=O)[O-])cc1)[C@@H](c1ccccc1)CC[C@@H]2c1ccccc1. The van der Waals surface area contributed by atoms with E-state index in [1.807, 2.05) is 60.7 Å². The van der Waals surface area contributed by atoms with Crippen LogP contribution in [0.5, 0.6) is 0 Å². The van der Waals surface area contributed by atoms with Crippen molar-refractivity contribution >= 4 is 23.2 Å². The van der Waals surface area contributed by atoms with Gasteiger partial charge in [0.05, 0.1) is 22.4 Å². The lowest BCUT2D eigenvalue weighted by atomic mass is 9.64. The van der Waals surface area contributed by atoms with E-state index in [0.717, 1.165) is 24.0 Å². The number of hydrogen-bond donors (Lipinski definition) is 0. The van der Waals surface area contributed by atoms with Crippen LogP contribution in [-0.2, 0) is 9.59 Å². The van der Waals surface area contributed by atoms with Gasteiger partial charge in [-0.05, 0) is 47.9 Å². The number of non-ortho nitro benzene ring substituents is 1. The van der Waals surface area contributed by atoms with Crippen LogP contribution in [0.15, 0.2) is 84.9 Å². The number of carbonyl (C=O) groups excluding carboxylic acids is 2. The molecule has 0 radical (unpaired) electrons. The van der Waals surface area contributed by atoms with E-state index < -0.39 is 16.8 Å². The third kappa shape index (κ3) is 3.28. The first-order valence-electron chi connectivity index (χ1n) is 10.8. The number of hydrogen-bond acceptors (Lipinski definition) is 4. The molecule has 6 nitrogen and oxygen atoms in total. The number of imide groups is 1. The molecule has 1 aliphatic carbocycles. The van der Waals surface area contributed by atoms with Crippen molar-refractivity contribution in [2.75, 3.05) is 4.90 Å². The van der Waals surface area contributed by atoms with Crippen molar-refractivity contribution in [2.45, 2.75) is 24.7 Å². The number of nitrogens with zero attached hydrogens (tertiary/aromatic N) is 2. The second kappa shape index (κ2) is 8.04. The van der Waals surface area contributed by atoms with Crippen LogP contribution >= 0.6 is 0 Å². The average molecular weight is 426 g/mol. The molecule has 160 valence electrons. The smallest absolute Gasteiger partial charge is 0.269 e. The van der Waals surface area contributed by atoms with Crippen LogP contribution in [0.25, 0.3) is 0 Å². The summed E-state index contributed by atoms with van der Waals surface area (Å²) in [4.78, 5) is 39.2. The van der Waals surface area contributed by atoms with E-state index in [1.165, 1.54) is 29.2 Å². The molecule has 3 aromatic carbocycles. The molecule has 2 fully saturated rings. The standard InChI is InChI=1S/C26H22N2O4/c29-25-23-21(17-7-3-1-4-8-17)15-16-22(18-9-5-2-6-10-18)24(23)26(30)27(25)19-11-13-20(14-12-19)28(31)32/h1-14,21-24H,15-16H2/t21-,22-,23-,24-/m1/s1. The molecule has 1 aliphatic heterocycles. The number of rotatable bonds is 4. The van der Waals surface area contributed by atoms with E-state index in [2.05, 4.69) is 0 Å². The van der Waals surface area contributed by atoms with E-state index in [1.54, 1.807) is 0 Å². The summed E-state index contributed by atoms with van der Waals surface area (Å²) in [6, 6.07) is 25.5. The molecule has 4 atom stereocenters. The van der Waals surface area contributed by atoms with Crippen LogP contribution in [0.1, 0.15) is 35.8 Å². The molecular formula is C26H22N2O4. The highest BCUT2D eigenvalue weighted by atomic mass is 16.6. The van der Waals surface area contributed by atoms with Crippen LogP contribution in [0.4, 0.5) is 11.4 Å². The van der Waals surface area contributed by atoms with Gasteiger partial charge in [0, 0.05) is 12.1 Å². The summed E-state index contributed by atoms with van der Waals surface area (Å²) in [6.07, 6.45) is 1.63. The molecule has 5 rings (SSSR count). The monoisotopic (exact) mass is 426 g/mol. The topological polar surface area (TPSA) is 80.5 Å². The molecule has 2 aliphatic rings. The predicted octanol–water partition coefficient (Wildman–Crippen LogP) is 5.06. The second-order valence-corrected chi connectivity index (χ2v) is 8.45. The quantitative estimate of drug-likeness (QED) is 0.332. The summed E-state index contributed by atoms with van der Waals surface area (Å²) in [6.45, 7) is 0. The molecular weight excluding hydrogens is 404 g/mol. The second-order valence-electron chi connectivity index (χ2n) is 8.45. The zero-order valence-electron chi connectivity index (χ0n) is 17.3. The van der Waals surface area contributed by atoms with Crippen molar-refractivity contribution in [3.63, 3.8) is 0 Å². The largest absolute Gasteiger partial charge is 0.274 e. The fourth-order valence-electron chi connectivity index (χ4n) is 5.40. The third-order valence-corrected chi connectivity index (χ3v) is 6.83. The minimum Gasteiger partial charge on any atom is -0.274 e. The predicted molar refractivity (Wildman–Crippen MR) is 120 cm³/mol. The fourth-order valence-corrected chi connectivity index (χ4v) is 5.40. The highest BCUT2D eigenvalue weighted by molar-refractivity contribution is 6.22. The molecule has 1 saturated carbocycles. The van der Waals surface area contributed by atoms with Gasteiger partial charge in [-0.1, -0.05) is 60.7 Å². The van der Waals surface area contributed by atoms with Crippen LogP contribution in [0.2, 0.25) is 0 Å². The molecule has 0 spiro atoms. The van der Waals surface area contributed by atoms with Gasteiger partial charge in [0.25, 0.3) is 5.69 Å². The van der Waals surface area contributed by atoms with Crippen molar-refractivity contribution < 1.29 is 14.5 Å². The molecule has 0 N–H and O–H groups in total. The summed E-state index contributed by atoms with van der Waals surface area (Å²) in [5.74, 6) is -1.44. The minimum absolute atomic E-state index is 0.0411. The van der Waals surface area contributed by atoms with Gasteiger partial charge in [-0.15, -0.1) is 0 Å². The maximum atomic E-state index is 13.7. The lowest BCUT2D eigenvalue weighted by Crippen LogP contribution is -2.34. The number of nitro benzene ring substituents is 1. The number of nitro groups is 1. The van der Waals surface area contributed by atoms with E-state index in [0.29, 0.717) is 5.69 Å². The highest BCUT2D eigenvalue weighted by Crippen LogP contribution is 2.53. The van der Waals surface area contributed by atoms with Gasteiger partial charge in [0.15, 0.2) is 0 Å². The van der Waals surface area contributed by atoms with Crippen LogP contribution in [0, 0.1) is 22.0 Å². The third-order valence-electron chi connectivity index (χ3n) is 6.83. The number of anilines is 1. The average Bonchev–Trinajstić information content (AvgIpc) is 3.10. The van der Waals surface area contributed by atoms with E-state index >= 15 is 0 Å². The molecule has 1 saturated heterocycles. The lowest BCUT2D eigenvalue weighted by molar-refractivity contribution is -0.384. The van der Waals surface area contributed by atoms with Crippen molar-refractivity contribution in [3.8, 4) is 0 Å². The highest BCUT2D eigenvalue weighted by Gasteiger charge is 2.56. The Morgan fingerprint density at radius 1 is 0.688 bits per heavy atom. The Kier molecular flexibility index (Phi) is 5.05. The molecule has 6 heteroatoms. The summed E-state index contributed by atoms with van der Waals surface area (Å²) in [5, 5.41) is 11.0. The summed E-state index contributed by atoms with van der Waals surface area (Å²) in [5.41, 5.74) is 2.45. The first-order chi connectivity index (χ1) is 15.6. The Morgan fingerprint density at radius 2 is 1.12 bits per heavy atom. The molecule has 32 heavy (non-hydrogen) atoms. The number of fused-ring (bicyclic) bond motifs is 1. The molecule has 0 aromatic heterocycles. The summed E-state index contributed by atoms with van der Waals surface area (Å²) in [7, 11) is 0. The summed E-state index contributed by atoms with van der Waals surface area (Å²) >= 11 is 0. The van der Waals surface area contributed by atoms with Gasteiger partial charge in [-0.3, -0.25) is 24.6 Å². The Bertz CT molecular complexity index is 1100. The van der Waals surface area contributed by atoms with E-state index in [9.17, 15) is 19.7 Å². The number of carbonyl (C=O) groups is 2. The van der Waals surface area contributed by atoms with Crippen molar-refractivity contribution in [3.05, 3.63) is 106 Å². The van der Waals surface area contributed by atoms with Crippen LogP contribution < -0.4 is 4.90 Å². The van der Waals surface area contributed by atoms with Crippen LogP contribution in [-0.4, -0.2) is 16.7 Å². The normalized spacial score (nSPS) is 24.9. The maximum absolute atomic E-state index is 13.7. The van der Waals surface area contributed by atoms with E-state index in [4.69, 9.17) is 0 Å². The molecule has 0 unspecified atom stereocenters. The Hall–Kier alpha value is -3.80. The van der Waals surface area contributed by atoms with E-state index in [-0.39, 0.29) is 29.3 Å². The molecule has 1 heterocycles. The Labute approximate surface area is 185 Å². The Morgan fingerprint density at radius 3 is 1.53 bits per heavy atom. The van der Waals surface area contributed by atoms with Gasteiger partial charge in [0.1, 0.15) is 0 Å². The number of amides is 2. The van der Waals surface area contributed by atoms with Gasteiger partial charge in [-0.25, -0.2) is 0 Å². The van der Waals surface area contributed by atoms with Gasteiger partial charge in [-0.2, -0.15) is 0 Å². The van der Waals surface area contributed by atoms with Crippen molar-refractivity contribution in [1.82, 2.24) is 0 Å². The zero-order valence-corrected chi connectivity index (χ0v) is 17.3. The Balaban J connectivity index is 1.57. The molecule has 3 aromatic rings. The molecule has 2 amide bonds. The maximum Gasteiger partial charge on any atom is 0.269 e.